The third-order valence-corrected chi connectivity index (χ3v) is 4.56. The summed E-state index contributed by atoms with van der Waals surface area (Å²) >= 11 is 0. The number of nitrogens with one attached hydrogen (secondary N) is 2. The molecule has 1 amide bonds. The summed E-state index contributed by atoms with van der Waals surface area (Å²) in [6.07, 6.45) is 9.35. The monoisotopic (exact) mass is 268 g/mol. The number of carbonyl (C=O) groups is 1. The van der Waals surface area contributed by atoms with E-state index in [4.69, 9.17) is 0 Å². The lowest BCUT2D eigenvalue weighted by atomic mass is 9.86. The van der Waals surface area contributed by atoms with Crippen LogP contribution in [0.15, 0.2) is 0 Å². The molecule has 1 saturated carbocycles. The molecule has 3 atom stereocenters. The maximum absolute atomic E-state index is 11.8. The minimum absolute atomic E-state index is 0.144. The van der Waals surface area contributed by atoms with Crippen molar-refractivity contribution in [2.75, 3.05) is 13.1 Å². The Balaban J connectivity index is 1.58. The average molecular weight is 268 g/mol. The minimum atomic E-state index is -0.214. The second-order valence-corrected chi connectivity index (χ2v) is 6.10. The lowest BCUT2D eigenvalue weighted by molar-refractivity contribution is -0.121. The maximum atomic E-state index is 11.8. The number of aliphatic hydroxyl groups is 1. The zero-order valence-electron chi connectivity index (χ0n) is 11.9. The predicted molar refractivity (Wildman–Crippen MR) is 75.9 cm³/mol. The zero-order chi connectivity index (χ0) is 13.5. The predicted octanol–water partition coefficient (Wildman–Crippen LogP) is 1.58. The SMILES string of the molecule is O=C(CCC1CCCCN1)NCC1CCCCC1O. The highest BCUT2D eigenvalue weighted by atomic mass is 16.3. The number of piperidine rings is 1. The Bertz CT molecular complexity index is 277. The first-order chi connectivity index (χ1) is 9.25. The van der Waals surface area contributed by atoms with Gasteiger partial charge in [0.15, 0.2) is 0 Å². The van der Waals surface area contributed by atoms with Gasteiger partial charge >= 0.3 is 0 Å². The van der Waals surface area contributed by atoms with Gasteiger partial charge in [0, 0.05) is 24.9 Å². The summed E-state index contributed by atoms with van der Waals surface area (Å²) in [7, 11) is 0. The number of hydrogen-bond acceptors (Lipinski definition) is 3. The summed E-state index contributed by atoms with van der Waals surface area (Å²) in [5, 5.41) is 16.3. The van der Waals surface area contributed by atoms with Gasteiger partial charge in [-0.15, -0.1) is 0 Å². The molecule has 0 radical (unpaired) electrons. The van der Waals surface area contributed by atoms with E-state index in [-0.39, 0.29) is 17.9 Å². The van der Waals surface area contributed by atoms with Gasteiger partial charge < -0.3 is 15.7 Å². The van der Waals surface area contributed by atoms with E-state index in [1.807, 2.05) is 0 Å². The van der Waals surface area contributed by atoms with Crippen molar-refractivity contribution in [3.8, 4) is 0 Å². The molecule has 0 aromatic rings. The summed E-state index contributed by atoms with van der Waals surface area (Å²) in [4.78, 5) is 11.8. The first-order valence-corrected chi connectivity index (χ1v) is 7.94. The lowest BCUT2D eigenvalue weighted by Crippen LogP contribution is -2.38. The molecule has 3 unspecified atom stereocenters. The van der Waals surface area contributed by atoms with Crippen molar-refractivity contribution in [3.05, 3.63) is 0 Å². The van der Waals surface area contributed by atoms with E-state index in [1.165, 1.54) is 25.7 Å². The standard InChI is InChI=1S/C15H28N2O2/c18-14-7-2-1-5-12(14)11-17-15(19)9-8-13-6-3-4-10-16-13/h12-14,16,18H,1-11H2,(H,17,19). The summed E-state index contributed by atoms with van der Waals surface area (Å²) in [6.45, 7) is 1.75. The Morgan fingerprint density at radius 1 is 1.16 bits per heavy atom. The second-order valence-electron chi connectivity index (χ2n) is 6.10. The van der Waals surface area contributed by atoms with Crippen LogP contribution in [0.3, 0.4) is 0 Å². The van der Waals surface area contributed by atoms with Crippen LogP contribution < -0.4 is 10.6 Å². The highest BCUT2D eigenvalue weighted by Crippen LogP contribution is 2.23. The molecular formula is C15H28N2O2. The van der Waals surface area contributed by atoms with Crippen LogP contribution in [0.5, 0.6) is 0 Å². The average Bonchev–Trinajstić information content (AvgIpc) is 2.45. The Kier molecular flexibility index (Phi) is 6.11. The lowest BCUT2D eigenvalue weighted by Gasteiger charge is -2.28. The fourth-order valence-electron chi connectivity index (χ4n) is 3.24. The van der Waals surface area contributed by atoms with E-state index in [2.05, 4.69) is 10.6 Å². The first kappa shape index (κ1) is 14.8. The molecule has 0 aromatic carbocycles. The van der Waals surface area contributed by atoms with Crippen LogP contribution in [-0.4, -0.2) is 36.2 Å². The summed E-state index contributed by atoms with van der Waals surface area (Å²) in [6, 6.07) is 0.528. The van der Waals surface area contributed by atoms with E-state index in [0.29, 0.717) is 19.0 Å². The van der Waals surface area contributed by atoms with Gasteiger partial charge in [0.1, 0.15) is 0 Å². The van der Waals surface area contributed by atoms with Crippen LogP contribution in [-0.2, 0) is 4.79 Å². The van der Waals surface area contributed by atoms with Crippen LogP contribution in [0.25, 0.3) is 0 Å². The highest BCUT2D eigenvalue weighted by molar-refractivity contribution is 5.75. The summed E-state index contributed by atoms with van der Waals surface area (Å²) in [5.41, 5.74) is 0. The highest BCUT2D eigenvalue weighted by Gasteiger charge is 2.23. The Morgan fingerprint density at radius 2 is 1.95 bits per heavy atom. The number of aliphatic hydroxyl groups excluding tert-OH is 1. The van der Waals surface area contributed by atoms with Gasteiger partial charge in [0.05, 0.1) is 6.10 Å². The van der Waals surface area contributed by atoms with Crippen LogP contribution in [0.1, 0.15) is 57.8 Å². The van der Waals surface area contributed by atoms with E-state index >= 15 is 0 Å². The van der Waals surface area contributed by atoms with Crippen LogP contribution in [0.4, 0.5) is 0 Å². The molecular weight excluding hydrogens is 240 g/mol. The molecule has 3 N–H and O–H groups in total. The largest absolute Gasteiger partial charge is 0.393 e. The first-order valence-electron chi connectivity index (χ1n) is 7.94. The van der Waals surface area contributed by atoms with Crippen molar-refractivity contribution in [2.24, 2.45) is 5.92 Å². The van der Waals surface area contributed by atoms with Crippen molar-refractivity contribution < 1.29 is 9.90 Å². The van der Waals surface area contributed by atoms with Crippen LogP contribution >= 0.6 is 0 Å². The molecule has 2 fully saturated rings. The molecule has 0 aromatic heterocycles. The molecule has 1 aliphatic carbocycles. The van der Waals surface area contributed by atoms with Crippen molar-refractivity contribution >= 4 is 5.91 Å². The van der Waals surface area contributed by atoms with Gasteiger partial charge in [-0.1, -0.05) is 19.3 Å². The van der Waals surface area contributed by atoms with Crippen LogP contribution in [0.2, 0.25) is 0 Å². The third kappa shape index (κ3) is 5.11. The molecule has 19 heavy (non-hydrogen) atoms. The molecule has 1 aliphatic heterocycles. The van der Waals surface area contributed by atoms with E-state index in [0.717, 1.165) is 32.2 Å². The second kappa shape index (κ2) is 7.85. The van der Waals surface area contributed by atoms with Crippen molar-refractivity contribution in [1.29, 1.82) is 0 Å². The van der Waals surface area contributed by atoms with Crippen molar-refractivity contribution in [3.63, 3.8) is 0 Å². The van der Waals surface area contributed by atoms with Gasteiger partial charge in [-0.2, -0.15) is 0 Å². The smallest absolute Gasteiger partial charge is 0.220 e. The quantitative estimate of drug-likeness (QED) is 0.709. The number of hydrogen-bond donors (Lipinski definition) is 3. The maximum Gasteiger partial charge on any atom is 0.220 e. The topological polar surface area (TPSA) is 61.4 Å². The molecule has 0 bridgehead atoms. The molecule has 110 valence electrons. The van der Waals surface area contributed by atoms with Gasteiger partial charge in [-0.25, -0.2) is 0 Å². The minimum Gasteiger partial charge on any atom is -0.393 e. The van der Waals surface area contributed by atoms with Gasteiger partial charge in [-0.3, -0.25) is 4.79 Å². The molecule has 1 heterocycles. The molecule has 1 saturated heterocycles. The van der Waals surface area contributed by atoms with Crippen molar-refractivity contribution in [2.45, 2.75) is 69.9 Å². The third-order valence-electron chi connectivity index (χ3n) is 4.56. The fourth-order valence-corrected chi connectivity index (χ4v) is 3.24. The molecule has 2 aliphatic rings. The van der Waals surface area contributed by atoms with E-state index < -0.39 is 0 Å². The van der Waals surface area contributed by atoms with Crippen molar-refractivity contribution in [1.82, 2.24) is 10.6 Å². The Hall–Kier alpha value is -0.610. The van der Waals surface area contributed by atoms with E-state index in [1.54, 1.807) is 0 Å². The van der Waals surface area contributed by atoms with Gasteiger partial charge in [-0.05, 0) is 38.6 Å². The van der Waals surface area contributed by atoms with Gasteiger partial charge in [0.25, 0.3) is 0 Å². The Morgan fingerprint density at radius 3 is 2.68 bits per heavy atom. The molecule has 4 heteroatoms. The Labute approximate surface area is 116 Å². The van der Waals surface area contributed by atoms with E-state index in [9.17, 15) is 9.90 Å². The van der Waals surface area contributed by atoms with Gasteiger partial charge in [0.2, 0.25) is 5.91 Å². The normalized spacial score (nSPS) is 31.9. The van der Waals surface area contributed by atoms with Crippen LogP contribution in [0, 0.1) is 5.92 Å². The molecule has 2 rings (SSSR count). The summed E-state index contributed by atoms with van der Waals surface area (Å²) in [5.74, 6) is 0.413. The summed E-state index contributed by atoms with van der Waals surface area (Å²) < 4.78 is 0. The molecule has 4 nitrogen and oxygen atoms in total. The fraction of sp³-hybridized carbons (Fsp3) is 0.933. The number of rotatable bonds is 5. The zero-order valence-corrected chi connectivity index (χ0v) is 11.9. The number of carbonyl (C=O) groups excluding carboxylic acids is 1. The molecule has 0 spiro atoms. The number of amides is 1.